The molecule has 1 N–H and O–H groups in total. The Balaban J connectivity index is 2.49. The molecule has 0 heterocycles. The van der Waals surface area contributed by atoms with Gasteiger partial charge in [-0.1, -0.05) is 50.5 Å². The summed E-state index contributed by atoms with van der Waals surface area (Å²) >= 11 is 0. The Hall–Kier alpha value is -1.46. The van der Waals surface area contributed by atoms with Gasteiger partial charge in [0.1, 0.15) is 5.78 Å². The van der Waals surface area contributed by atoms with Crippen LogP contribution in [0, 0.1) is 11.8 Å². The Morgan fingerprint density at radius 3 is 2.41 bits per heavy atom. The third-order valence-electron chi connectivity index (χ3n) is 5.54. The number of ether oxygens (including phenoxy) is 2. The van der Waals surface area contributed by atoms with Crippen LogP contribution in [0.25, 0.3) is 0 Å². The van der Waals surface area contributed by atoms with Crippen molar-refractivity contribution in [1.29, 1.82) is 0 Å². The normalized spacial score (nSPS) is 20.3. The SMILES string of the molecule is CCCCCC/C=C/[C@H]1CCC(=O)[C@@H]1C/C=C\CCC(OCC)(OCC)C(=O)O. The predicted molar refractivity (Wildman–Crippen MR) is 116 cm³/mol. The maximum atomic E-state index is 12.3. The Morgan fingerprint density at radius 2 is 1.79 bits per heavy atom. The maximum absolute atomic E-state index is 12.3. The van der Waals surface area contributed by atoms with Gasteiger partial charge in [0.2, 0.25) is 0 Å². The lowest BCUT2D eigenvalue weighted by molar-refractivity contribution is -0.243. The van der Waals surface area contributed by atoms with Crippen LogP contribution in [0.3, 0.4) is 0 Å². The molecule has 0 radical (unpaired) electrons. The van der Waals surface area contributed by atoms with Crippen molar-refractivity contribution in [3.63, 3.8) is 0 Å². The van der Waals surface area contributed by atoms with Crippen molar-refractivity contribution >= 4 is 11.8 Å². The van der Waals surface area contributed by atoms with Crippen molar-refractivity contribution in [1.82, 2.24) is 0 Å². The van der Waals surface area contributed by atoms with E-state index in [1.165, 1.54) is 25.7 Å². The molecule has 0 saturated heterocycles. The molecule has 0 bridgehead atoms. The lowest BCUT2D eigenvalue weighted by atomic mass is 9.91. The van der Waals surface area contributed by atoms with Gasteiger partial charge in [0.25, 0.3) is 5.79 Å². The van der Waals surface area contributed by atoms with Crippen molar-refractivity contribution in [3.05, 3.63) is 24.3 Å². The first kappa shape index (κ1) is 25.6. The number of carbonyl (C=O) groups excluding carboxylic acids is 1. The minimum atomic E-state index is -1.58. The Morgan fingerprint density at radius 1 is 1.07 bits per heavy atom. The number of Topliss-reactive ketones (excluding diaryl/α,β-unsaturated/α-hetero) is 1. The third-order valence-corrected chi connectivity index (χ3v) is 5.54. The highest BCUT2D eigenvalue weighted by Crippen LogP contribution is 2.33. The molecule has 29 heavy (non-hydrogen) atoms. The number of carboxylic acid groups (broad SMARTS) is 1. The molecule has 2 atom stereocenters. The van der Waals surface area contributed by atoms with Gasteiger partial charge in [0.15, 0.2) is 0 Å². The molecule has 166 valence electrons. The molecule has 0 aromatic heterocycles. The Labute approximate surface area is 176 Å². The number of ketones is 1. The summed E-state index contributed by atoms with van der Waals surface area (Å²) < 4.78 is 10.8. The van der Waals surface area contributed by atoms with Crippen LogP contribution in [0.4, 0.5) is 0 Å². The highest BCUT2D eigenvalue weighted by atomic mass is 16.7. The largest absolute Gasteiger partial charge is 0.477 e. The highest BCUT2D eigenvalue weighted by Gasteiger charge is 2.39. The summed E-state index contributed by atoms with van der Waals surface area (Å²) in [5.74, 6) is -1.94. The fourth-order valence-electron chi connectivity index (χ4n) is 3.95. The van der Waals surface area contributed by atoms with Crippen molar-refractivity contribution in [2.24, 2.45) is 11.8 Å². The smallest absolute Gasteiger partial charge is 0.364 e. The van der Waals surface area contributed by atoms with Gasteiger partial charge in [0.05, 0.1) is 0 Å². The second kappa shape index (κ2) is 14.5. The number of unbranched alkanes of at least 4 members (excludes halogenated alkanes) is 4. The van der Waals surface area contributed by atoms with Crippen LogP contribution in [-0.4, -0.2) is 35.9 Å². The fraction of sp³-hybridized carbons (Fsp3) is 0.750. The van der Waals surface area contributed by atoms with E-state index in [-0.39, 0.29) is 25.6 Å². The standard InChI is InChI=1S/C24H40O5/c1-4-7-8-9-10-12-15-20-17-18-22(25)21(20)16-13-11-14-19-24(23(26)27,28-5-2)29-6-3/h11-13,15,20-21H,4-10,14,16-19H2,1-3H3,(H,26,27)/b13-11-,15-12+/t20-,21+/m0/s1. The van der Waals surface area contributed by atoms with E-state index in [0.29, 0.717) is 31.0 Å². The van der Waals surface area contributed by atoms with Crippen LogP contribution in [-0.2, 0) is 19.1 Å². The van der Waals surface area contributed by atoms with E-state index in [0.717, 1.165) is 12.8 Å². The molecule has 0 aromatic carbocycles. The summed E-state index contributed by atoms with van der Waals surface area (Å²) in [6, 6.07) is 0. The summed E-state index contributed by atoms with van der Waals surface area (Å²) in [6.07, 6.45) is 17.7. The first-order valence-corrected chi connectivity index (χ1v) is 11.4. The van der Waals surface area contributed by atoms with Gasteiger partial charge in [-0.25, -0.2) is 4.79 Å². The van der Waals surface area contributed by atoms with Gasteiger partial charge in [-0.15, -0.1) is 0 Å². The van der Waals surface area contributed by atoms with Crippen LogP contribution in [0.2, 0.25) is 0 Å². The summed E-state index contributed by atoms with van der Waals surface area (Å²) in [7, 11) is 0. The maximum Gasteiger partial charge on any atom is 0.364 e. The fourth-order valence-corrected chi connectivity index (χ4v) is 3.95. The third kappa shape index (κ3) is 8.83. The van der Waals surface area contributed by atoms with E-state index >= 15 is 0 Å². The zero-order valence-corrected chi connectivity index (χ0v) is 18.5. The lowest BCUT2D eigenvalue weighted by Gasteiger charge is -2.28. The summed E-state index contributed by atoms with van der Waals surface area (Å²) in [5, 5.41) is 9.51. The quantitative estimate of drug-likeness (QED) is 0.202. The van der Waals surface area contributed by atoms with Gasteiger partial charge in [-0.2, -0.15) is 0 Å². The molecular formula is C24H40O5. The summed E-state index contributed by atoms with van der Waals surface area (Å²) in [5.41, 5.74) is 0. The molecule has 0 amide bonds. The van der Waals surface area contributed by atoms with Crippen LogP contribution in [0.5, 0.6) is 0 Å². The summed E-state index contributed by atoms with van der Waals surface area (Å²) in [6.45, 7) is 6.29. The van der Waals surface area contributed by atoms with Gasteiger partial charge >= 0.3 is 5.97 Å². The van der Waals surface area contributed by atoms with Crippen LogP contribution >= 0.6 is 0 Å². The Kier molecular flexibility index (Phi) is 12.8. The van der Waals surface area contributed by atoms with E-state index in [9.17, 15) is 14.7 Å². The second-order valence-electron chi connectivity index (χ2n) is 7.72. The monoisotopic (exact) mass is 408 g/mol. The molecule has 0 aliphatic heterocycles. The molecule has 1 rings (SSSR count). The van der Waals surface area contributed by atoms with E-state index < -0.39 is 11.8 Å². The van der Waals surface area contributed by atoms with Gasteiger partial charge in [-0.3, -0.25) is 4.79 Å². The number of hydrogen-bond donors (Lipinski definition) is 1. The molecule has 5 heteroatoms. The molecule has 5 nitrogen and oxygen atoms in total. The van der Waals surface area contributed by atoms with Gasteiger partial charge in [0, 0.05) is 32.0 Å². The van der Waals surface area contributed by atoms with E-state index in [1.807, 2.05) is 12.2 Å². The first-order valence-electron chi connectivity index (χ1n) is 11.4. The molecule has 1 fully saturated rings. The first-order chi connectivity index (χ1) is 14.0. The van der Waals surface area contributed by atoms with Crippen molar-refractivity contribution < 1.29 is 24.2 Å². The molecule has 0 unspecified atom stereocenters. The number of hydrogen-bond acceptors (Lipinski definition) is 4. The lowest BCUT2D eigenvalue weighted by Crippen LogP contribution is -2.44. The molecular weight excluding hydrogens is 368 g/mol. The zero-order chi connectivity index (χ0) is 21.5. The topological polar surface area (TPSA) is 72.8 Å². The van der Waals surface area contributed by atoms with Gasteiger partial charge < -0.3 is 14.6 Å². The predicted octanol–water partition coefficient (Wildman–Crippen LogP) is 5.69. The van der Waals surface area contributed by atoms with Crippen LogP contribution < -0.4 is 0 Å². The van der Waals surface area contributed by atoms with E-state index in [2.05, 4.69) is 19.1 Å². The number of carboxylic acids is 1. The molecule has 0 aromatic rings. The average Bonchev–Trinajstić information content (AvgIpc) is 3.04. The zero-order valence-electron chi connectivity index (χ0n) is 18.5. The van der Waals surface area contributed by atoms with E-state index in [1.54, 1.807) is 13.8 Å². The molecule has 1 aliphatic carbocycles. The number of carbonyl (C=O) groups is 2. The second-order valence-corrected chi connectivity index (χ2v) is 7.72. The van der Waals surface area contributed by atoms with Gasteiger partial charge in [-0.05, 0) is 51.9 Å². The minimum absolute atomic E-state index is 0.0566. The number of allylic oxidation sites excluding steroid dienone is 4. The molecule has 0 spiro atoms. The summed E-state index contributed by atoms with van der Waals surface area (Å²) in [4.78, 5) is 23.9. The molecule has 1 saturated carbocycles. The number of aliphatic carboxylic acids is 1. The highest BCUT2D eigenvalue weighted by molar-refractivity contribution is 5.83. The minimum Gasteiger partial charge on any atom is -0.477 e. The molecule has 1 aliphatic rings. The van der Waals surface area contributed by atoms with Crippen molar-refractivity contribution in [3.8, 4) is 0 Å². The van der Waals surface area contributed by atoms with Crippen molar-refractivity contribution in [2.45, 2.75) is 90.8 Å². The van der Waals surface area contributed by atoms with Crippen molar-refractivity contribution in [2.75, 3.05) is 13.2 Å². The average molecular weight is 409 g/mol. The Bertz CT molecular complexity index is 531. The number of rotatable bonds is 16. The van der Waals surface area contributed by atoms with E-state index in [4.69, 9.17) is 9.47 Å². The van der Waals surface area contributed by atoms with Crippen LogP contribution in [0.15, 0.2) is 24.3 Å². The van der Waals surface area contributed by atoms with Crippen LogP contribution in [0.1, 0.15) is 85.0 Å².